The largest absolute Gasteiger partial charge is 0.494 e. The summed E-state index contributed by atoms with van der Waals surface area (Å²) in [6, 6.07) is 18.4. The smallest absolute Gasteiger partial charge is 0.363 e. The Balaban J connectivity index is 1.54. The zero-order valence-corrected chi connectivity index (χ0v) is 19.2. The zero-order valence-electron chi connectivity index (χ0n) is 18.4. The van der Waals surface area contributed by atoms with Crippen LogP contribution in [0.2, 0.25) is 5.02 Å². The second-order valence-corrected chi connectivity index (χ2v) is 7.54. The molecule has 172 valence electrons. The molecule has 1 heterocycles. The summed E-state index contributed by atoms with van der Waals surface area (Å²) in [6.07, 6.45) is 1.56. The van der Waals surface area contributed by atoms with Crippen molar-refractivity contribution in [2.45, 2.75) is 6.92 Å². The minimum Gasteiger partial charge on any atom is -0.494 e. The molecule has 0 unspecified atom stereocenters. The summed E-state index contributed by atoms with van der Waals surface area (Å²) < 4.78 is 21.6. The lowest BCUT2D eigenvalue weighted by Gasteiger charge is -2.10. The van der Waals surface area contributed by atoms with Crippen LogP contribution in [0.4, 0.5) is 0 Å². The minimum atomic E-state index is -0.573. The number of ether oxygens (including phenoxy) is 4. The van der Waals surface area contributed by atoms with Crippen molar-refractivity contribution in [3.05, 3.63) is 94.1 Å². The van der Waals surface area contributed by atoms with Gasteiger partial charge in [-0.05, 0) is 73.2 Å². The van der Waals surface area contributed by atoms with E-state index < -0.39 is 11.9 Å². The van der Waals surface area contributed by atoms with Gasteiger partial charge in [0.2, 0.25) is 5.90 Å². The molecule has 0 radical (unpaired) electrons. The monoisotopic (exact) mass is 477 g/mol. The number of hydrogen-bond donors (Lipinski definition) is 0. The molecule has 0 aliphatic carbocycles. The summed E-state index contributed by atoms with van der Waals surface area (Å²) in [5, 5.41) is 0.428. The molecule has 1 aliphatic heterocycles. The maximum atomic E-state index is 12.4. The first kappa shape index (κ1) is 23.1. The molecule has 0 bridgehead atoms. The molecule has 0 saturated heterocycles. The third-order valence-electron chi connectivity index (χ3n) is 4.79. The molecule has 8 heteroatoms. The van der Waals surface area contributed by atoms with Crippen molar-refractivity contribution in [3.8, 4) is 17.2 Å². The Labute approximate surface area is 201 Å². The van der Waals surface area contributed by atoms with Gasteiger partial charge in [-0.25, -0.2) is 14.6 Å². The van der Waals surface area contributed by atoms with Gasteiger partial charge in [0.25, 0.3) is 0 Å². The summed E-state index contributed by atoms with van der Waals surface area (Å²) in [5.74, 6) is 0.317. The van der Waals surface area contributed by atoms with Crippen LogP contribution in [0.3, 0.4) is 0 Å². The zero-order chi connectivity index (χ0) is 24.1. The Kier molecular flexibility index (Phi) is 6.94. The predicted molar refractivity (Wildman–Crippen MR) is 128 cm³/mol. The quantitative estimate of drug-likeness (QED) is 0.260. The van der Waals surface area contributed by atoms with Crippen LogP contribution >= 0.6 is 11.6 Å². The Morgan fingerprint density at radius 3 is 2.56 bits per heavy atom. The van der Waals surface area contributed by atoms with E-state index in [1.54, 1.807) is 66.7 Å². The van der Waals surface area contributed by atoms with E-state index >= 15 is 0 Å². The van der Waals surface area contributed by atoms with Crippen molar-refractivity contribution in [1.29, 1.82) is 0 Å². The maximum Gasteiger partial charge on any atom is 0.363 e. The highest BCUT2D eigenvalue weighted by Gasteiger charge is 2.24. The number of carbonyl (C=O) groups excluding carboxylic acids is 2. The molecule has 7 nitrogen and oxygen atoms in total. The van der Waals surface area contributed by atoms with Crippen molar-refractivity contribution in [1.82, 2.24) is 0 Å². The highest BCUT2D eigenvalue weighted by molar-refractivity contribution is 6.30. The van der Waals surface area contributed by atoms with Crippen molar-refractivity contribution in [3.63, 3.8) is 0 Å². The number of esters is 2. The number of methoxy groups -OCH3 is 1. The van der Waals surface area contributed by atoms with Gasteiger partial charge in [0.15, 0.2) is 17.2 Å². The Hall–Kier alpha value is -4.10. The van der Waals surface area contributed by atoms with Crippen molar-refractivity contribution in [2.75, 3.05) is 13.7 Å². The summed E-state index contributed by atoms with van der Waals surface area (Å²) in [4.78, 5) is 29.1. The summed E-state index contributed by atoms with van der Waals surface area (Å²) >= 11 is 5.94. The van der Waals surface area contributed by atoms with Crippen molar-refractivity contribution >= 4 is 35.5 Å². The molecule has 0 saturated carbocycles. The Morgan fingerprint density at radius 1 is 1.06 bits per heavy atom. The van der Waals surface area contributed by atoms with E-state index in [0.717, 1.165) is 5.75 Å². The molecule has 0 fully saturated rings. The number of aliphatic imine (C=N–C) groups is 1. The fraction of sp³-hybridized carbons (Fsp3) is 0.115. The van der Waals surface area contributed by atoms with Gasteiger partial charge >= 0.3 is 11.9 Å². The fourth-order valence-electron chi connectivity index (χ4n) is 3.18. The molecule has 3 aromatic rings. The molecule has 0 spiro atoms. The lowest BCUT2D eigenvalue weighted by molar-refractivity contribution is -0.129. The Bertz CT molecular complexity index is 1300. The topological polar surface area (TPSA) is 83.4 Å². The second kappa shape index (κ2) is 10.2. The van der Waals surface area contributed by atoms with Gasteiger partial charge in [-0.1, -0.05) is 23.7 Å². The lowest BCUT2D eigenvalue weighted by Crippen LogP contribution is -2.09. The van der Waals surface area contributed by atoms with E-state index in [1.165, 1.54) is 13.2 Å². The van der Waals surface area contributed by atoms with Gasteiger partial charge in [0.1, 0.15) is 5.75 Å². The van der Waals surface area contributed by atoms with E-state index in [4.69, 9.17) is 30.5 Å². The average molecular weight is 478 g/mol. The van der Waals surface area contributed by atoms with Crippen LogP contribution in [-0.4, -0.2) is 31.6 Å². The molecule has 0 amide bonds. The van der Waals surface area contributed by atoms with Crippen LogP contribution in [0.5, 0.6) is 17.2 Å². The van der Waals surface area contributed by atoms with E-state index in [1.807, 2.05) is 6.92 Å². The average Bonchev–Trinajstić information content (AvgIpc) is 3.20. The van der Waals surface area contributed by atoms with Crippen LogP contribution in [0.15, 0.2) is 77.4 Å². The number of halogens is 1. The molecule has 4 rings (SSSR count). The molecule has 0 N–H and O–H groups in total. The Morgan fingerprint density at radius 2 is 1.85 bits per heavy atom. The number of rotatable bonds is 7. The van der Waals surface area contributed by atoms with Crippen LogP contribution in [0, 0.1) is 0 Å². The fourth-order valence-corrected chi connectivity index (χ4v) is 3.37. The van der Waals surface area contributed by atoms with E-state index in [2.05, 4.69) is 4.99 Å². The summed E-state index contributed by atoms with van der Waals surface area (Å²) in [5.41, 5.74) is 1.71. The summed E-state index contributed by atoms with van der Waals surface area (Å²) in [6.45, 7) is 2.46. The first-order valence-electron chi connectivity index (χ1n) is 10.4. The van der Waals surface area contributed by atoms with E-state index in [9.17, 15) is 9.59 Å². The third kappa shape index (κ3) is 5.27. The minimum absolute atomic E-state index is 0.134. The van der Waals surface area contributed by atoms with Crippen LogP contribution < -0.4 is 14.2 Å². The molecule has 34 heavy (non-hydrogen) atoms. The molecular formula is C26H20ClNO6. The number of hydrogen-bond acceptors (Lipinski definition) is 7. The SMILES string of the molecule is CCOc1ccc(C2=N/C(=C\c3ccc(OC(=O)c4cccc(Cl)c4)c(OC)c3)C(=O)O2)cc1. The third-order valence-corrected chi connectivity index (χ3v) is 5.02. The maximum absolute atomic E-state index is 12.4. The molecular weight excluding hydrogens is 458 g/mol. The van der Waals surface area contributed by atoms with Gasteiger partial charge in [-0.15, -0.1) is 0 Å². The van der Waals surface area contributed by atoms with Gasteiger partial charge in [0.05, 0.1) is 19.3 Å². The van der Waals surface area contributed by atoms with Crippen molar-refractivity contribution in [2.24, 2.45) is 4.99 Å². The van der Waals surface area contributed by atoms with Crippen LogP contribution in [0.1, 0.15) is 28.4 Å². The van der Waals surface area contributed by atoms with Gasteiger partial charge in [-0.2, -0.15) is 0 Å². The highest BCUT2D eigenvalue weighted by atomic mass is 35.5. The number of carbonyl (C=O) groups is 2. The van der Waals surface area contributed by atoms with Crippen LogP contribution in [-0.2, 0) is 9.53 Å². The normalized spacial score (nSPS) is 13.9. The molecule has 0 atom stereocenters. The molecule has 0 aromatic heterocycles. The first-order chi connectivity index (χ1) is 16.5. The second-order valence-electron chi connectivity index (χ2n) is 7.10. The van der Waals surface area contributed by atoms with Crippen molar-refractivity contribution < 1.29 is 28.5 Å². The number of nitrogens with zero attached hydrogens (tertiary/aromatic N) is 1. The van der Waals surface area contributed by atoms with Crippen LogP contribution in [0.25, 0.3) is 6.08 Å². The van der Waals surface area contributed by atoms with E-state index in [-0.39, 0.29) is 17.3 Å². The van der Waals surface area contributed by atoms with Gasteiger partial charge in [0, 0.05) is 10.6 Å². The lowest BCUT2D eigenvalue weighted by atomic mass is 10.1. The first-order valence-corrected chi connectivity index (χ1v) is 10.8. The van der Waals surface area contributed by atoms with Gasteiger partial charge < -0.3 is 18.9 Å². The number of cyclic esters (lactones) is 1. The molecule has 3 aromatic carbocycles. The highest BCUT2D eigenvalue weighted by Crippen LogP contribution is 2.31. The van der Waals surface area contributed by atoms with E-state index in [0.29, 0.717) is 34.1 Å². The summed E-state index contributed by atoms with van der Waals surface area (Å²) in [7, 11) is 1.45. The molecule has 1 aliphatic rings. The predicted octanol–water partition coefficient (Wildman–Crippen LogP) is 5.31. The van der Waals surface area contributed by atoms with Gasteiger partial charge in [-0.3, -0.25) is 0 Å². The number of benzene rings is 3. The standard InChI is InChI=1S/C26H20ClNO6/c1-3-32-20-10-8-17(9-11-20)24-28-21(26(30)34-24)13-16-7-12-22(23(14-16)31-2)33-25(29)18-5-4-6-19(27)15-18/h4-15H,3H2,1-2H3/b21-13-.